The van der Waals surface area contributed by atoms with Crippen molar-refractivity contribution < 1.29 is 18.9 Å². The van der Waals surface area contributed by atoms with Crippen LogP contribution in [0.3, 0.4) is 0 Å². The minimum absolute atomic E-state index is 0.600. The van der Waals surface area contributed by atoms with E-state index in [0.717, 1.165) is 24.3 Å². The van der Waals surface area contributed by atoms with Gasteiger partial charge in [-0.05, 0) is 17.7 Å². The van der Waals surface area contributed by atoms with Gasteiger partial charge in [-0.2, -0.15) is 0 Å². The zero-order valence-corrected chi connectivity index (χ0v) is 13.1. The summed E-state index contributed by atoms with van der Waals surface area (Å²) in [4.78, 5) is 0. The molecule has 2 rings (SSSR count). The third-order valence-corrected chi connectivity index (χ3v) is 3.33. The molecule has 1 aliphatic heterocycles. The molecule has 0 saturated carbocycles. The first-order valence-corrected chi connectivity index (χ1v) is 7.54. The van der Waals surface area contributed by atoms with Gasteiger partial charge in [-0.3, -0.25) is 0 Å². The zero-order chi connectivity index (χ0) is 14.9. The second-order valence-corrected chi connectivity index (χ2v) is 5.14. The van der Waals surface area contributed by atoms with Gasteiger partial charge in [0.1, 0.15) is 0 Å². The Bertz CT molecular complexity index is 442. The summed E-state index contributed by atoms with van der Waals surface area (Å²) in [7, 11) is 1.66. The number of halogens is 1. The molecule has 0 radical (unpaired) electrons. The summed E-state index contributed by atoms with van der Waals surface area (Å²) >= 11 is 6.25. The van der Waals surface area contributed by atoms with Crippen LogP contribution in [0.25, 0.3) is 0 Å². The lowest BCUT2D eigenvalue weighted by Crippen LogP contribution is -2.20. The Kier molecular flexibility index (Phi) is 7.09. The number of benzene rings is 1. The first kappa shape index (κ1) is 16.4. The van der Waals surface area contributed by atoms with E-state index in [0.29, 0.717) is 50.4 Å². The summed E-state index contributed by atoms with van der Waals surface area (Å²) in [6, 6.07) is 3.89. The van der Waals surface area contributed by atoms with Gasteiger partial charge in [-0.1, -0.05) is 11.6 Å². The molecule has 0 unspecified atom stereocenters. The van der Waals surface area contributed by atoms with Gasteiger partial charge in [-0.25, -0.2) is 0 Å². The molecule has 0 spiro atoms. The van der Waals surface area contributed by atoms with Crippen molar-refractivity contribution in [1.29, 1.82) is 0 Å². The average molecular weight is 316 g/mol. The molecule has 1 aliphatic rings. The van der Waals surface area contributed by atoms with E-state index in [4.69, 9.17) is 30.5 Å². The van der Waals surface area contributed by atoms with Crippen LogP contribution in [0.1, 0.15) is 12.0 Å². The van der Waals surface area contributed by atoms with Gasteiger partial charge in [0, 0.05) is 26.6 Å². The maximum Gasteiger partial charge on any atom is 0.179 e. The van der Waals surface area contributed by atoms with Gasteiger partial charge >= 0.3 is 0 Å². The SMILES string of the molecule is COCCOCCNCc1cc(Cl)c2c(c1)OCCCO2. The number of hydrogen-bond donors (Lipinski definition) is 1. The lowest BCUT2D eigenvalue weighted by molar-refractivity contribution is 0.0719. The fourth-order valence-electron chi connectivity index (χ4n) is 2.01. The highest BCUT2D eigenvalue weighted by Gasteiger charge is 2.15. The first-order valence-electron chi connectivity index (χ1n) is 7.16. The monoisotopic (exact) mass is 315 g/mol. The molecule has 0 aliphatic carbocycles. The van der Waals surface area contributed by atoms with Gasteiger partial charge < -0.3 is 24.3 Å². The van der Waals surface area contributed by atoms with Gasteiger partial charge in [0.25, 0.3) is 0 Å². The number of nitrogens with one attached hydrogen (secondary N) is 1. The summed E-state index contributed by atoms with van der Waals surface area (Å²) in [6.45, 7) is 4.68. The molecule has 1 aromatic carbocycles. The minimum atomic E-state index is 0.600. The van der Waals surface area contributed by atoms with E-state index in [1.165, 1.54) is 0 Å². The molecule has 0 saturated heterocycles. The number of hydrogen-bond acceptors (Lipinski definition) is 5. The first-order chi connectivity index (χ1) is 10.3. The van der Waals surface area contributed by atoms with Gasteiger partial charge in [0.15, 0.2) is 11.5 Å². The normalized spacial score (nSPS) is 14.0. The highest BCUT2D eigenvalue weighted by atomic mass is 35.5. The van der Waals surface area contributed by atoms with E-state index >= 15 is 0 Å². The highest BCUT2D eigenvalue weighted by Crippen LogP contribution is 2.37. The Morgan fingerprint density at radius 3 is 2.90 bits per heavy atom. The van der Waals surface area contributed by atoms with Crippen molar-refractivity contribution in [3.8, 4) is 11.5 Å². The van der Waals surface area contributed by atoms with E-state index in [1.807, 2.05) is 12.1 Å². The molecule has 21 heavy (non-hydrogen) atoms. The quantitative estimate of drug-likeness (QED) is 0.746. The standard InChI is InChI=1S/C15H22ClNO4/c1-18-7-8-19-6-3-17-11-12-9-13(16)15-14(10-12)20-4-2-5-21-15/h9-10,17H,2-8,11H2,1H3. The van der Waals surface area contributed by atoms with Crippen LogP contribution in [0.5, 0.6) is 11.5 Å². The van der Waals surface area contributed by atoms with Crippen LogP contribution in [0.15, 0.2) is 12.1 Å². The van der Waals surface area contributed by atoms with Crippen molar-refractivity contribution in [2.75, 3.05) is 46.7 Å². The van der Waals surface area contributed by atoms with E-state index in [1.54, 1.807) is 7.11 Å². The van der Waals surface area contributed by atoms with E-state index in [2.05, 4.69) is 5.32 Å². The van der Waals surface area contributed by atoms with Crippen molar-refractivity contribution in [3.05, 3.63) is 22.7 Å². The van der Waals surface area contributed by atoms with Gasteiger partial charge in [0.05, 0.1) is 38.1 Å². The molecule has 0 fully saturated rings. The molecule has 6 heteroatoms. The number of ether oxygens (including phenoxy) is 4. The van der Waals surface area contributed by atoms with Crippen molar-refractivity contribution in [1.82, 2.24) is 5.32 Å². The molecule has 1 aromatic rings. The van der Waals surface area contributed by atoms with Crippen LogP contribution in [0.4, 0.5) is 0 Å². The van der Waals surface area contributed by atoms with Crippen molar-refractivity contribution in [2.24, 2.45) is 0 Å². The van der Waals surface area contributed by atoms with Crippen LogP contribution in [-0.4, -0.2) is 46.7 Å². The third-order valence-electron chi connectivity index (χ3n) is 3.05. The third kappa shape index (κ3) is 5.36. The molecule has 0 atom stereocenters. The molecule has 0 amide bonds. The zero-order valence-electron chi connectivity index (χ0n) is 12.3. The average Bonchev–Trinajstić information content (AvgIpc) is 2.72. The summed E-state index contributed by atoms with van der Waals surface area (Å²) in [5, 5.41) is 3.91. The Labute approximate surface area is 130 Å². The summed E-state index contributed by atoms with van der Waals surface area (Å²) in [5.41, 5.74) is 1.07. The summed E-state index contributed by atoms with van der Waals surface area (Å²) < 4.78 is 21.6. The lowest BCUT2D eigenvalue weighted by atomic mass is 10.2. The smallest absolute Gasteiger partial charge is 0.179 e. The number of fused-ring (bicyclic) bond motifs is 1. The van der Waals surface area contributed by atoms with Crippen LogP contribution in [-0.2, 0) is 16.0 Å². The second-order valence-electron chi connectivity index (χ2n) is 4.74. The Morgan fingerprint density at radius 1 is 1.19 bits per heavy atom. The molecule has 1 heterocycles. The minimum Gasteiger partial charge on any atom is -0.489 e. The molecular formula is C15H22ClNO4. The molecular weight excluding hydrogens is 294 g/mol. The van der Waals surface area contributed by atoms with Crippen molar-refractivity contribution in [3.63, 3.8) is 0 Å². The molecule has 5 nitrogen and oxygen atoms in total. The maximum atomic E-state index is 6.25. The molecule has 0 bridgehead atoms. The van der Waals surface area contributed by atoms with Crippen molar-refractivity contribution in [2.45, 2.75) is 13.0 Å². The predicted molar refractivity (Wildman–Crippen MR) is 81.5 cm³/mol. The Hall–Kier alpha value is -1.01. The van der Waals surface area contributed by atoms with E-state index in [9.17, 15) is 0 Å². The van der Waals surface area contributed by atoms with E-state index < -0.39 is 0 Å². The number of methoxy groups -OCH3 is 1. The van der Waals surface area contributed by atoms with Crippen LogP contribution in [0, 0.1) is 0 Å². The lowest BCUT2D eigenvalue weighted by Gasteiger charge is -2.12. The highest BCUT2D eigenvalue weighted by molar-refractivity contribution is 6.32. The number of rotatable bonds is 8. The molecule has 1 N–H and O–H groups in total. The largest absolute Gasteiger partial charge is 0.489 e. The molecule has 0 aromatic heterocycles. The Balaban J connectivity index is 1.78. The Morgan fingerprint density at radius 2 is 2.05 bits per heavy atom. The summed E-state index contributed by atoms with van der Waals surface area (Å²) in [6.07, 6.45) is 0.872. The molecule has 118 valence electrons. The van der Waals surface area contributed by atoms with Crippen LogP contribution >= 0.6 is 11.6 Å². The van der Waals surface area contributed by atoms with Gasteiger partial charge in [0.2, 0.25) is 0 Å². The predicted octanol–water partition coefficient (Wildman–Crippen LogP) is 2.25. The van der Waals surface area contributed by atoms with Crippen LogP contribution < -0.4 is 14.8 Å². The fraction of sp³-hybridized carbons (Fsp3) is 0.600. The topological polar surface area (TPSA) is 49.0 Å². The maximum absolute atomic E-state index is 6.25. The summed E-state index contributed by atoms with van der Waals surface area (Å²) in [5.74, 6) is 1.38. The van der Waals surface area contributed by atoms with E-state index in [-0.39, 0.29) is 0 Å². The van der Waals surface area contributed by atoms with Gasteiger partial charge in [-0.15, -0.1) is 0 Å². The van der Waals surface area contributed by atoms with Crippen LogP contribution in [0.2, 0.25) is 5.02 Å². The van der Waals surface area contributed by atoms with Crippen molar-refractivity contribution >= 4 is 11.6 Å². The fourth-order valence-corrected chi connectivity index (χ4v) is 2.30. The second kappa shape index (κ2) is 9.10.